The van der Waals surface area contributed by atoms with Crippen LogP contribution in [0.25, 0.3) is 10.9 Å². The zero-order valence-corrected chi connectivity index (χ0v) is 20.7. The first-order chi connectivity index (χ1) is 17.1. The largest absolute Gasteiger partial charge is 0.465 e. The van der Waals surface area contributed by atoms with Crippen LogP contribution in [-0.4, -0.2) is 50.7 Å². The summed E-state index contributed by atoms with van der Waals surface area (Å²) in [5.74, 6) is 1.42. The van der Waals surface area contributed by atoms with E-state index in [1.807, 2.05) is 30.3 Å². The van der Waals surface area contributed by atoms with E-state index in [1.165, 1.54) is 16.2 Å². The number of rotatable bonds is 7. The molecular formula is C26H26ClN5O2S. The first-order valence-electron chi connectivity index (χ1n) is 11.6. The number of hydrogen-bond acceptors (Lipinski definition) is 6. The van der Waals surface area contributed by atoms with Gasteiger partial charge in [-0.2, -0.15) is 0 Å². The molecule has 1 saturated heterocycles. The van der Waals surface area contributed by atoms with Crippen LogP contribution in [0.15, 0.2) is 66.6 Å². The standard InChI is InChI=1S/C26H26ClN5O2S/c27-21-2-3-24-20(13-21)1-4-25(30-24)31-11-7-19(8-12-31)23(18-5-9-28-10-6-18)16-32(26(33)34)15-22-14-29-17-35-22/h1-6,9-10,13-14,17,19,23H,7-8,11-12,15-16H2,(H,33,34). The fourth-order valence-corrected chi connectivity index (χ4v) is 5.68. The Morgan fingerprint density at radius 1 is 1.14 bits per heavy atom. The van der Waals surface area contributed by atoms with E-state index in [4.69, 9.17) is 16.6 Å². The predicted molar refractivity (Wildman–Crippen MR) is 139 cm³/mol. The minimum atomic E-state index is -0.907. The molecule has 1 aliphatic heterocycles. The van der Waals surface area contributed by atoms with Crippen LogP contribution < -0.4 is 4.90 Å². The summed E-state index contributed by atoms with van der Waals surface area (Å²) in [6.07, 6.45) is 6.33. The summed E-state index contributed by atoms with van der Waals surface area (Å²) in [4.78, 5) is 30.0. The van der Waals surface area contributed by atoms with Crippen LogP contribution >= 0.6 is 22.9 Å². The Bertz CT molecular complexity index is 1280. The SMILES string of the molecule is O=C(O)N(Cc1cncs1)CC(c1ccncc1)C1CCN(c2ccc3cc(Cl)ccc3n2)CC1. The van der Waals surface area contributed by atoms with Crippen molar-refractivity contribution >= 4 is 45.8 Å². The van der Waals surface area contributed by atoms with Crippen molar-refractivity contribution in [2.45, 2.75) is 25.3 Å². The number of fused-ring (bicyclic) bond motifs is 1. The van der Waals surface area contributed by atoms with E-state index in [2.05, 4.69) is 27.0 Å². The average molecular weight is 508 g/mol. The molecule has 5 rings (SSSR count). The Balaban J connectivity index is 1.32. The van der Waals surface area contributed by atoms with Gasteiger partial charge in [-0.3, -0.25) is 9.97 Å². The summed E-state index contributed by atoms with van der Waals surface area (Å²) >= 11 is 7.59. The summed E-state index contributed by atoms with van der Waals surface area (Å²) in [6.45, 7) is 2.54. The van der Waals surface area contributed by atoms with Crippen molar-refractivity contribution in [3.63, 3.8) is 0 Å². The van der Waals surface area contributed by atoms with Crippen LogP contribution in [0.3, 0.4) is 0 Å². The summed E-state index contributed by atoms with van der Waals surface area (Å²) in [5, 5.41) is 11.7. The first kappa shape index (κ1) is 23.5. The van der Waals surface area contributed by atoms with Crippen molar-refractivity contribution in [1.29, 1.82) is 0 Å². The summed E-state index contributed by atoms with van der Waals surface area (Å²) in [6, 6.07) is 13.9. The number of amides is 1. The molecule has 3 aromatic heterocycles. The summed E-state index contributed by atoms with van der Waals surface area (Å²) in [7, 11) is 0. The second kappa shape index (κ2) is 10.6. The minimum Gasteiger partial charge on any atom is -0.465 e. The summed E-state index contributed by atoms with van der Waals surface area (Å²) in [5.41, 5.74) is 3.81. The number of hydrogen-bond donors (Lipinski definition) is 1. The lowest BCUT2D eigenvalue weighted by atomic mass is 9.80. The van der Waals surface area contributed by atoms with Crippen molar-refractivity contribution in [2.75, 3.05) is 24.5 Å². The van der Waals surface area contributed by atoms with E-state index in [0.29, 0.717) is 24.0 Å². The van der Waals surface area contributed by atoms with Gasteiger partial charge in [0.1, 0.15) is 5.82 Å². The Morgan fingerprint density at radius 2 is 1.94 bits per heavy atom. The van der Waals surface area contributed by atoms with Crippen molar-refractivity contribution in [2.24, 2.45) is 5.92 Å². The molecule has 1 aromatic carbocycles. The van der Waals surface area contributed by atoms with Gasteiger partial charge in [-0.1, -0.05) is 11.6 Å². The van der Waals surface area contributed by atoms with E-state index >= 15 is 0 Å². The lowest BCUT2D eigenvalue weighted by Gasteiger charge is -2.38. The molecule has 35 heavy (non-hydrogen) atoms. The maximum absolute atomic E-state index is 12.1. The van der Waals surface area contributed by atoms with Gasteiger partial charge in [0.15, 0.2) is 0 Å². The van der Waals surface area contributed by atoms with Crippen LogP contribution in [0.4, 0.5) is 10.6 Å². The molecular weight excluding hydrogens is 482 g/mol. The molecule has 0 radical (unpaired) electrons. The Kier molecular flexibility index (Phi) is 7.11. The maximum atomic E-state index is 12.1. The van der Waals surface area contributed by atoms with Gasteiger partial charge in [-0.05, 0) is 66.8 Å². The quantitative estimate of drug-likeness (QED) is 0.334. The van der Waals surface area contributed by atoms with Crippen LogP contribution in [0.2, 0.25) is 5.02 Å². The third-order valence-electron chi connectivity index (χ3n) is 6.72. The lowest BCUT2D eigenvalue weighted by molar-refractivity contribution is 0.132. The highest BCUT2D eigenvalue weighted by atomic mass is 35.5. The highest BCUT2D eigenvalue weighted by Crippen LogP contribution is 2.35. The van der Waals surface area contributed by atoms with E-state index < -0.39 is 6.09 Å². The molecule has 0 saturated carbocycles. The van der Waals surface area contributed by atoms with Gasteiger partial charge in [0.2, 0.25) is 0 Å². The highest BCUT2D eigenvalue weighted by molar-refractivity contribution is 7.09. The van der Waals surface area contributed by atoms with Crippen molar-refractivity contribution < 1.29 is 9.90 Å². The predicted octanol–water partition coefficient (Wildman–Crippen LogP) is 5.92. The van der Waals surface area contributed by atoms with Gasteiger partial charge in [0.05, 0.1) is 17.6 Å². The number of piperidine rings is 1. The zero-order chi connectivity index (χ0) is 24.2. The molecule has 0 spiro atoms. The molecule has 1 fully saturated rings. The number of anilines is 1. The lowest BCUT2D eigenvalue weighted by Crippen LogP contribution is -2.40. The number of halogens is 1. The number of thiazole rings is 1. The molecule has 180 valence electrons. The second-order valence-corrected chi connectivity index (χ2v) is 10.3. The Hall–Kier alpha value is -3.23. The van der Waals surface area contributed by atoms with Gasteiger partial charge in [0, 0.05) is 59.4 Å². The average Bonchev–Trinajstić information content (AvgIpc) is 3.40. The maximum Gasteiger partial charge on any atom is 0.407 e. The van der Waals surface area contributed by atoms with E-state index in [-0.39, 0.29) is 5.92 Å². The molecule has 0 bridgehead atoms. The Morgan fingerprint density at radius 3 is 2.66 bits per heavy atom. The number of aromatic nitrogens is 3. The van der Waals surface area contributed by atoms with Crippen molar-refractivity contribution in [3.8, 4) is 0 Å². The normalized spacial score (nSPS) is 15.3. The number of pyridine rings is 2. The van der Waals surface area contributed by atoms with E-state index in [0.717, 1.165) is 53.1 Å². The number of nitrogens with zero attached hydrogens (tertiary/aromatic N) is 5. The molecule has 1 atom stereocenters. The van der Waals surface area contributed by atoms with Gasteiger partial charge in [-0.15, -0.1) is 11.3 Å². The van der Waals surface area contributed by atoms with Crippen LogP contribution in [-0.2, 0) is 6.54 Å². The third-order valence-corrected chi connectivity index (χ3v) is 7.72. The molecule has 1 aliphatic rings. The van der Waals surface area contributed by atoms with Crippen LogP contribution in [0, 0.1) is 5.92 Å². The topological polar surface area (TPSA) is 82.4 Å². The fourth-order valence-electron chi connectivity index (χ4n) is 4.89. The molecule has 4 aromatic rings. The molecule has 1 N–H and O–H groups in total. The third kappa shape index (κ3) is 5.55. The molecule has 0 aliphatic carbocycles. The molecule has 4 heterocycles. The van der Waals surface area contributed by atoms with Crippen molar-refractivity contribution in [3.05, 3.63) is 82.0 Å². The molecule has 1 amide bonds. The monoisotopic (exact) mass is 507 g/mol. The fraction of sp³-hybridized carbons (Fsp3) is 0.308. The molecule has 9 heteroatoms. The minimum absolute atomic E-state index is 0.0934. The van der Waals surface area contributed by atoms with E-state index in [1.54, 1.807) is 24.1 Å². The second-order valence-electron chi connectivity index (χ2n) is 8.85. The zero-order valence-electron chi connectivity index (χ0n) is 19.1. The highest BCUT2D eigenvalue weighted by Gasteiger charge is 2.31. The Labute approximate surface area is 213 Å². The summed E-state index contributed by atoms with van der Waals surface area (Å²) < 4.78 is 0. The van der Waals surface area contributed by atoms with Gasteiger partial charge in [0.25, 0.3) is 0 Å². The van der Waals surface area contributed by atoms with Gasteiger partial charge < -0.3 is 14.9 Å². The van der Waals surface area contributed by atoms with Gasteiger partial charge in [-0.25, -0.2) is 9.78 Å². The van der Waals surface area contributed by atoms with E-state index in [9.17, 15) is 9.90 Å². The molecule has 1 unspecified atom stereocenters. The molecule has 7 nitrogen and oxygen atoms in total. The number of carbonyl (C=O) groups is 1. The van der Waals surface area contributed by atoms with Gasteiger partial charge >= 0.3 is 6.09 Å². The van der Waals surface area contributed by atoms with Crippen LogP contribution in [0.1, 0.15) is 29.2 Å². The first-order valence-corrected chi connectivity index (χ1v) is 12.9. The smallest absolute Gasteiger partial charge is 0.407 e. The number of carboxylic acid groups (broad SMARTS) is 1. The number of benzene rings is 1. The van der Waals surface area contributed by atoms with Crippen molar-refractivity contribution in [1.82, 2.24) is 19.9 Å². The van der Waals surface area contributed by atoms with Crippen LogP contribution in [0.5, 0.6) is 0 Å².